The summed E-state index contributed by atoms with van der Waals surface area (Å²) in [4.78, 5) is 17.1. The maximum absolute atomic E-state index is 12.7. The van der Waals surface area contributed by atoms with E-state index >= 15 is 0 Å². The number of hydrogen-bond donors (Lipinski definition) is 1. The van der Waals surface area contributed by atoms with Gasteiger partial charge in [-0.15, -0.1) is 0 Å². The van der Waals surface area contributed by atoms with Gasteiger partial charge in [0.15, 0.2) is 5.65 Å². The number of halogens is 1. The highest BCUT2D eigenvalue weighted by Gasteiger charge is 2.16. The van der Waals surface area contributed by atoms with Crippen LogP contribution in [0.5, 0.6) is 5.75 Å². The van der Waals surface area contributed by atoms with Gasteiger partial charge in [0.05, 0.1) is 18.5 Å². The van der Waals surface area contributed by atoms with Gasteiger partial charge in [-0.3, -0.25) is 4.79 Å². The third-order valence-electron chi connectivity index (χ3n) is 4.72. The van der Waals surface area contributed by atoms with Gasteiger partial charge in [0.1, 0.15) is 11.3 Å². The molecule has 4 aromatic rings. The standard InChI is InChI=1S/C23H21ClN4O2/c1-2-30-19-9-5-17(6-10-19)21-12-14-25-22-20(15-27-28(21)22)23(29)26-13-11-16-3-7-18(24)8-4-16/h3-10,12,14-15H,2,11,13H2,1H3,(H,26,29). The van der Waals surface area contributed by atoms with Gasteiger partial charge in [-0.05, 0) is 61.4 Å². The highest BCUT2D eigenvalue weighted by atomic mass is 35.5. The third-order valence-corrected chi connectivity index (χ3v) is 4.97. The maximum Gasteiger partial charge on any atom is 0.256 e. The van der Waals surface area contributed by atoms with E-state index in [1.165, 1.54) is 0 Å². The summed E-state index contributed by atoms with van der Waals surface area (Å²) in [6.07, 6.45) is 3.96. The topological polar surface area (TPSA) is 68.5 Å². The lowest BCUT2D eigenvalue weighted by Crippen LogP contribution is -2.25. The van der Waals surface area contributed by atoms with Gasteiger partial charge < -0.3 is 10.1 Å². The molecule has 0 bridgehead atoms. The minimum Gasteiger partial charge on any atom is -0.494 e. The molecule has 0 aliphatic heterocycles. The molecule has 0 saturated carbocycles. The van der Waals surface area contributed by atoms with Crippen molar-refractivity contribution in [3.05, 3.63) is 83.1 Å². The Morgan fingerprint density at radius 2 is 1.87 bits per heavy atom. The van der Waals surface area contributed by atoms with E-state index in [-0.39, 0.29) is 5.91 Å². The molecule has 7 heteroatoms. The average Bonchev–Trinajstić information content (AvgIpc) is 3.20. The molecule has 0 fully saturated rings. The van der Waals surface area contributed by atoms with Gasteiger partial charge >= 0.3 is 0 Å². The van der Waals surface area contributed by atoms with E-state index in [4.69, 9.17) is 16.3 Å². The number of fused-ring (bicyclic) bond motifs is 1. The predicted octanol–water partition coefficient (Wildman–Crippen LogP) is 4.42. The molecule has 0 atom stereocenters. The third kappa shape index (κ3) is 4.28. The smallest absolute Gasteiger partial charge is 0.256 e. The van der Waals surface area contributed by atoms with Gasteiger partial charge in [-0.2, -0.15) is 5.10 Å². The number of nitrogens with zero attached hydrogens (tertiary/aromatic N) is 3. The number of nitrogens with one attached hydrogen (secondary N) is 1. The Kier molecular flexibility index (Phi) is 5.95. The zero-order chi connectivity index (χ0) is 20.9. The second kappa shape index (κ2) is 8.97. The van der Waals surface area contributed by atoms with Crippen molar-refractivity contribution in [3.8, 4) is 17.0 Å². The second-order valence-electron chi connectivity index (χ2n) is 6.71. The van der Waals surface area contributed by atoms with Gasteiger partial charge in [0, 0.05) is 23.3 Å². The zero-order valence-corrected chi connectivity index (χ0v) is 17.3. The summed E-state index contributed by atoms with van der Waals surface area (Å²) in [5, 5.41) is 8.04. The van der Waals surface area contributed by atoms with Crippen molar-refractivity contribution < 1.29 is 9.53 Å². The Balaban J connectivity index is 1.50. The Morgan fingerprint density at radius 1 is 1.10 bits per heavy atom. The van der Waals surface area contributed by atoms with Crippen LogP contribution in [0.25, 0.3) is 16.9 Å². The van der Waals surface area contributed by atoms with Crippen molar-refractivity contribution in [3.63, 3.8) is 0 Å². The molecule has 4 rings (SSSR count). The molecule has 2 aromatic carbocycles. The number of hydrogen-bond acceptors (Lipinski definition) is 4. The van der Waals surface area contributed by atoms with Crippen molar-refractivity contribution >= 4 is 23.2 Å². The molecule has 30 heavy (non-hydrogen) atoms. The summed E-state index contributed by atoms with van der Waals surface area (Å²) in [5.41, 5.74) is 3.88. The fraction of sp³-hybridized carbons (Fsp3) is 0.174. The van der Waals surface area contributed by atoms with Crippen molar-refractivity contribution in [2.45, 2.75) is 13.3 Å². The van der Waals surface area contributed by atoms with Crippen molar-refractivity contribution in [1.82, 2.24) is 19.9 Å². The SMILES string of the molecule is CCOc1ccc(-c2ccnc3c(C(=O)NCCc4ccc(Cl)cc4)cnn23)cc1. The van der Waals surface area contributed by atoms with E-state index in [1.54, 1.807) is 16.9 Å². The molecular weight excluding hydrogens is 400 g/mol. The predicted molar refractivity (Wildman–Crippen MR) is 117 cm³/mol. The van der Waals surface area contributed by atoms with Crippen molar-refractivity contribution in [1.29, 1.82) is 0 Å². The number of carbonyl (C=O) groups excluding carboxylic acids is 1. The Morgan fingerprint density at radius 3 is 2.60 bits per heavy atom. The average molecular weight is 421 g/mol. The van der Waals surface area contributed by atoms with Crippen LogP contribution < -0.4 is 10.1 Å². The molecule has 152 valence electrons. The summed E-state index contributed by atoms with van der Waals surface area (Å²) in [6, 6.07) is 17.2. The lowest BCUT2D eigenvalue weighted by Gasteiger charge is -2.07. The molecule has 1 amide bonds. The first-order chi connectivity index (χ1) is 14.7. The first kappa shape index (κ1) is 19.9. The normalized spacial score (nSPS) is 10.9. The molecule has 1 N–H and O–H groups in total. The zero-order valence-electron chi connectivity index (χ0n) is 16.5. The van der Waals surface area contributed by atoms with Crippen LogP contribution in [0.2, 0.25) is 5.02 Å². The van der Waals surface area contributed by atoms with Crippen LogP contribution in [-0.2, 0) is 6.42 Å². The molecule has 0 radical (unpaired) electrons. The largest absolute Gasteiger partial charge is 0.494 e. The molecule has 2 heterocycles. The van der Waals surface area contributed by atoms with Crippen molar-refractivity contribution in [2.75, 3.05) is 13.2 Å². The van der Waals surface area contributed by atoms with Crippen LogP contribution in [0.3, 0.4) is 0 Å². The summed E-state index contributed by atoms with van der Waals surface area (Å²) < 4.78 is 7.19. The Labute approximate surface area is 179 Å². The van der Waals surface area contributed by atoms with E-state index < -0.39 is 0 Å². The minimum atomic E-state index is -0.199. The summed E-state index contributed by atoms with van der Waals surface area (Å²) in [5.74, 6) is 0.614. The van der Waals surface area contributed by atoms with Crippen LogP contribution in [0.4, 0.5) is 0 Å². The molecule has 2 aromatic heterocycles. The van der Waals surface area contributed by atoms with E-state index in [0.29, 0.717) is 35.8 Å². The number of ether oxygens (including phenoxy) is 1. The minimum absolute atomic E-state index is 0.199. The molecule has 0 aliphatic carbocycles. The fourth-order valence-corrected chi connectivity index (χ4v) is 3.35. The first-order valence-corrected chi connectivity index (χ1v) is 10.1. The monoisotopic (exact) mass is 420 g/mol. The second-order valence-corrected chi connectivity index (χ2v) is 7.15. The van der Waals surface area contributed by atoms with Gasteiger partial charge in [0.25, 0.3) is 5.91 Å². The van der Waals surface area contributed by atoms with E-state index in [9.17, 15) is 4.79 Å². The molecule has 6 nitrogen and oxygen atoms in total. The molecule has 0 aliphatic rings. The highest BCUT2D eigenvalue weighted by Crippen LogP contribution is 2.23. The number of benzene rings is 2. The van der Waals surface area contributed by atoms with E-state index in [1.807, 2.05) is 61.5 Å². The molecule has 0 saturated heterocycles. The van der Waals surface area contributed by atoms with Crippen LogP contribution in [0.15, 0.2) is 67.0 Å². The van der Waals surface area contributed by atoms with E-state index in [2.05, 4.69) is 15.4 Å². The number of carbonyl (C=O) groups is 1. The van der Waals surface area contributed by atoms with Crippen LogP contribution >= 0.6 is 11.6 Å². The maximum atomic E-state index is 12.7. The lowest BCUT2D eigenvalue weighted by atomic mass is 10.1. The number of amides is 1. The molecular formula is C23H21ClN4O2. The summed E-state index contributed by atoms with van der Waals surface area (Å²) >= 11 is 5.91. The quantitative estimate of drug-likeness (QED) is 0.480. The van der Waals surface area contributed by atoms with E-state index in [0.717, 1.165) is 22.6 Å². The fourth-order valence-electron chi connectivity index (χ4n) is 3.23. The molecule has 0 spiro atoms. The lowest BCUT2D eigenvalue weighted by molar-refractivity contribution is 0.0955. The van der Waals surface area contributed by atoms with Gasteiger partial charge in [0.2, 0.25) is 0 Å². The van der Waals surface area contributed by atoms with Gasteiger partial charge in [-0.1, -0.05) is 23.7 Å². The molecule has 0 unspecified atom stereocenters. The van der Waals surface area contributed by atoms with Crippen LogP contribution in [0.1, 0.15) is 22.8 Å². The number of aromatic nitrogens is 3. The number of rotatable bonds is 7. The first-order valence-electron chi connectivity index (χ1n) is 9.74. The van der Waals surface area contributed by atoms with Crippen LogP contribution in [-0.4, -0.2) is 33.7 Å². The Bertz CT molecular complexity index is 1150. The van der Waals surface area contributed by atoms with Gasteiger partial charge in [-0.25, -0.2) is 9.50 Å². The summed E-state index contributed by atoms with van der Waals surface area (Å²) in [6.45, 7) is 3.08. The van der Waals surface area contributed by atoms with Crippen molar-refractivity contribution in [2.24, 2.45) is 0 Å². The summed E-state index contributed by atoms with van der Waals surface area (Å²) in [7, 11) is 0. The Hall–Kier alpha value is -3.38. The van der Waals surface area contributed by atoms with Crippen LogP contribution in [0, 0.1) is 0 Å². The highest BCUT2D eigenvalue weighted by molar-refractivity contribution is 6.30.